The molecule has 0 radical (unpaired) electrons. The zero-order chi connectivity index (χ0) is 17.4. The van der Waals surface area contributed by atoms with Crippen molar-refractivity contribution in [3.63, 3.8) is 0 Å². The second kappa shape index (κ2) is 6.09. The standard InChI is InChI=1S/C18H16FN3O2S/c19-15-5-7-16(8-6-15)25(23,24)22-12-11-21-10-2-4-17(21)18(22)14-3-1-9-20-13-14/h1-10,13,18H,11-12H2. The molecule has 5 nitrogen and oxygen atoms in total. The van der Waals surface area contributed by atoms with Crippen molar-refractivity contribution in [2.24, 2.45) is 0 Å². The molecule has 0 saturated heterocycles. The first kappa shape index (κ1) is 16.0. The van der Waals surface area contributed by atoms with Gasteiger partial charge in [-0.05, 0) is 48.0 Å². The van der Waals surface area contributed by atoms with Crippen LogP contribution in [0.1, 0.15) is 17.3 Å². The lowest BCUT2D eigenvalue weighted by Crippen LogP contribution is -2.42. The van der Waals surface area contributed by atoms with Crippen LogP contribution in [0.5, 0.6) is 0 Å². The normalized spacial score (nSPS) is 18.0. The molecule has 0 N–H and O–H groups in total. The van der Waals surface area contributed by atoms with Gasteiger partial charge >= 0.3 is 0 Å². The molecule has 3 heterocycles. The number of benzene rings is 1. The van der Waals surface area contributed by atoms with Gasteiger partial charge in [-0.25, -0.2) is 12.8 Å². The maximum absolute atomic E-state index is 13.2. The first-order valence-electron chi connectivity index (χ1n) is 7.90. The van der Waals surface area contributed by atoms with Crippen molar-refractivity contribution < 1.29 is 12.8 Å². The molecular formula is C18H16FN3O2S. The Labute approximate surface area is 145 Å². The summed E-state index contributed by atoms with van der Waals surface area (Å²) < 4.78 is 43.1. The molecule has 1 aliphatic rings. The summed E-state index contributed by atoms with van der Waals surface area (Å²) in [6.45, 7) is 0.903. The van der Waals surface area contributed by atoms with Gasteiger partial charge in [-0.2, -0.15) is 4.31 Å². The smallest absolute Gasteiger partial charge is 0.244 e. The molecule has 128 valence electrons. The highest BCUT2D eigenvalue weighted by Gasteiger charge is 2.37. The molecule has 0 fully saturated rings. The number of nitrogens with zero attached hydrogens (tertiary/aromatic N) is 3. The number of hydrogen-bond donors (Lipinski definition) is 0. The summed E-state index contributed by atoms with van der Waals surface area (Å²) >= 11 is 0. The maximum Gasteiger partial charge on any atom is 0.244 e. The highest BCUT2D eigenvalue weighted by molar-refractivity contribution is 7.89. The van der Waals surface area contributed by atoms with E-state index in [1.807, 2.05) is 29.0 Å². The Hall–Kier alpha value is -2.51. The van der Waals surface area contributed by atoms with Crippen LogP contribution < -0.4 is 0 Å². The van der Waals surface area contributed by atoms with Gasteiger partial charge in [-0.3, -0.25) is 4.98 Å². The van der Waals surface area contributed by atoms with E-state index in [9.17, 15) is 12.8 Å². The molecule has 25 heavy (non-hydrogen) atoms. The molecule has 0 spiro atoms. The van der Waals surface area contributed by atoms with Gasteiger partial charge in [0.15, 0.2) is 0 Å². The third kappa shape index (κ3) is 2.75. The van der Waals surface area contributed by atoms with Gasteiger partial charge in [0.05, 0.1) is 10.9 Å². The topological polar surface area (TPSA) is 55.2 Å². The van der Waals surface area contributed by atoms with Crippen LogP contribution in [0.4, 0.5) is 4.39 Å². The Bertz CT molecular complexity index is 985. The number of sulfonamides is 1. The van der Waals surface area contributed by atoms with Crippen molar-refractivity contribution in [2.45, 2.75) is 17.5 Å². The molecule has 0 bridgehead atoms. The minimum absolute atomic E-state index is 0.0859. The third-order valence-electron chi connectivity index (χ3n) is 4.41. The van der Waals surface area contributed by atoms with E-state index in [1.165, 1.54) is 28.6 Å². The average Bonchev–Trinajstić information content (AvgIpc) is 3.10. The van der Waals surface area contributed by atoms with Crippen LogP contribution >= 0.6 is 0 Å². The number of halogens is 1. The van der Waals surface area contributed by atoms with Gasteiger partial charge < -0.3 is 4.57 Å². The number of fused-ring (bicyclic) bond motifs is 1. The van der Waals surface area contributed by atoms with Crippen molar-refractivity contribution in [1.82, 2.24) is 13.9 Å². The first-order chi connectivity index (χ1) is 12.1. The highest BCUT2D eigenvalue weighted by atomic mass is 32.2. The summed E-state index contributed by atoms with van der Waals surface area (Å²) in [4.78, 5) is 4.22. The second-order valence-corrected chi connectivity index (χ2v) is 7.78. The van der Waals surface area contributed by atoms with Crippen LogP contribution in [0.2, 0.25) is 0 Å². The van der Waals surface area contributed by atoms with Crippen LogP contribution in [-0.2, 0) is 16.6 Å². The monoisotopic (exact) mass is 357 g/mol. The lowest BCUT2D eigenvalue weighted by atomic mass is 10.0. The SMILES string of the molecule is O=S(=O)(c1ccc(F)cc1)N1CCn2cccc2C1c1cccnc1. The number of hydrogen-bond acceptors (Lipinski definition) is 3. The summed E-state index contributed by atoms with van der Waals surface area (Å²) in [6, 6.07) is 12.0. The zero-order valence-electron chi connectivity index (χ0n) is 13.3. The first-order valence-corrected chi connectivity index (χ1v) is 9.34. The zero-order valence-corrected chi connectivity index (χ0v) is 14.1. The van der Waals surface area contributed by atoms with E-state index in [4.69, 9.17) is 0 Å². The Morgan fingerprint density at radius 1 is 1.04 bits per heavy atom. The minimum atomic E-state index is -3.77. The second-order valence-electron chi connectivity index (χ2n) is 5.89. The van der Waals surface area contributed by atoms with Crippen molar-refractivity contribution >= 4 is 10.0 Å². The predicted octanol–water partition coefficient (Wildman–Crippen LogP) is 2.82. The molecule has 0 saturated carbocycles. The molecule has 3 aromatic rings. The van der Waals surface area contributed by atoms with Gasteiger partial charge in [0.2, 0.25) is 10.0 Å². The van der Waals surface area contributed by atoms with E-state index in [2.05, 4.69) is 4.98 Å². The third-order valence-corrected chi connectivity index (χ3v) is 6.29. The number of pyridine rings is 1. The fourth-order valence-corrected chi connectivity index (χ4v) is 4.82. The molecule has 1 aromatic carbocycles. The van der Waals surface area contributed by atoms with Gasteiger partial charge in [-0.1, -0.05) is 6.07 Å². The Morgan fingerprint density at radius 2 is 1.84 bits per heavy atom. The van der Waals surface area contributed by atoms with E-state index in [-0.39, 0.29) is 4.90 Å². The molecule has 7 heteroatoms. The van der Waals surface area contributed by atoms with E-state index in [0.29, 0.717) is 13.1 Å². The van der Waals surface area contributed by atoms with E-state index < -0.39 is 21.9 Å². The van der Waals surface area contributed by atoms with Crippen molar-refractivity contribution in [3.05, 3.63) is 84.2 Å². The average molecular weight is 357 g/mol. The molecule has 0 amide bonds. The fraction of sp³-hybridized carbons (Fsp3) is 0.167. The van der Waals surface area contributed by atoms with Crippen molar-refractivity contribution in [1.29, 1.82) is 0 Å². The summed E-state index contributed by atoms with van der Waals surface area (Å²) in [5.41, 5.74) is 1.69. The van der Waals surface area contributed by atoms with Gasteiger partial charge in [-0.15, -0.1) is 0 Å². The summed E-state index contributed by atoms with van der Waals surface area (Å²) in [7, 11) is -3.77. The van der Waals surface area contributed by atoms with E-state index >= 15 is 0 Å². The van der Waals surface area contributed by atoms with Gasteiger partial charge in [0, 0.05) is 37.4 Å². The highest BCUT2D eigenvalue weighted by Crippen LogP contribution is 2.36. The predicted molar refractivity (Wildman–Crippen MR) is 90.8 cm³/mol. The molecule has 0 aliphatic carbocycles. The quantitative estimate of drug-likeness (QED) is 0.724. The lowest BCUT2D eigenvalue weighted by molar-refractivity contribution is 0.298. The van der Waals surface area contributed by atoms with Crippen LogP contribution in [0.3, 0.4) is 0 Å². The van der Waals surface area contributed by atoms with Crippen molar-refractivity contribution in [3.8, 4) is 0 Å². The van der Waals surface area contributed by atoms with Crippen molar-refractivity contribution in [2.75, 3.05) is 6.54 Å². The molecule has 2 aromatic heterocycles. The molecule has 4 rings (SSSR count). The van der Waals surface area contributed by atoms with Gasteiger partial charge in [0.1, 0.15) is 5.82 Å². The summed E-state index contributed by atoms with van der Waals surface area (Å²) in [5.74, 6) is -0.463. The van der Waals surface area contributed by atoms with Crippen LogP contribution in [0.25, 0.3) is 0 Å². The van der Waals surface area contributed by atoms with Crippen LogP contribution in [0, 0.1) is 5.82 Å². The van der Waals surface area contributed by atoms with Crippen LogP contribution in [0.15, 0.2) is 72.0 Å². The number of aromatic nitrogens is 2. The minimum Gasteiger partial charge on any atom is -0.348 e. The van der Waals surface area contributed by atoms with E-state index in [0.717, 1.165) is 11.3 Å². The van der Waals surface area contributed by atoms with Gasteiger partial charge in [0.25, 0.3) is 0 Å². The van der Waals surface area contributed by atoms with Crippen LogP contribution in [-0.4, -0.2) is 28.8 Å². The fourth-order valence-electron chi connectivity index (χ4n) is 3.24. The maximum atomic E-state index is 13.2. The molecule has 1 aliphatic heterocycles. The molecular weight excluding hydrogens is 341 g/mol. The Balaban J connectivity index is 1.84. The Kier molecular flexibility index (Phi) is 3.89. The van der Waals surface area contributed by atoms with E-state index in [1.54, 1.807) is 18.5 Å². The molecule has 1 unspecified atom stereocenters. The summed E-state index contributed by atoms with van der Waals surface area (Å²) in [6.07, 6.45) is 5.28. The lowest BCUT2D eigenvalue weighted by Gasteiger charge is -2.36. The Morgan fingerprint density at radius 3 is 2.56 bits per heavy atom. The molecule has 1 atom stereocenters. The number of rotatable bonds is 3. The largest absolute Gasteiger partial charge is 0.348 e. The summed E-state index contributed by atoms with van der Waals surface area (Å²) in [5, 5.41) is 0.